The van der Waals surface area contributed by atoms with Crippen LogP contribution in [0.2, 0.25) is 0 Å². The summed E-state index contributed by atoms with van der Waals surface area (Å²) in [4.78, 5) is 23.3. The molecule has 0 aliphatic rings. The predicted molar refractivity (Wildman–Crippen MR) is 83.8 cm³/mol. The highest BCUT2D eigenvalue weighted by molar-refractivity contribution is 6.04. The average molecular weight is 355 g/mol. The highest BCUT2D eigenvalue weighted by atomic mass is 19.4. The SMILES string of the molecule is CCc1oc(C(=O)Nc2cccc(CCC(F)(F)F)c2)cc1C(=O)O. The highest BCUT2D eigenvalue weighted by Gasteiger charge is 2.26. The van der Waals surface area contributed by atoms with Gasteiger partial charge in [0.05, 0.1) is 0 Å². The van der Waals surface area contributed by atoms with Crippen LogP contribution in [0.3, 0.4) is 0 Å². The molecule has 1 aromatic carbocycles. The molecule has 134 valence electrons. The molecule has 0 fully saturated rings. The first-order chi connectivity index (χ1) is 11.7. The topological polar surface area (TPSA) is 79.5 Å². The fourth-order valence-corrected chi connectivity index (χ4v) is 2.27. The van der Waals surface area contributed by atoms with Crippen LogP contribution in [0.25, 0.3) is 0 Å². The maximum Gasteiger partial charge on any atom is 0.389 e. The number of halogens is 3. The molecule has 0 aliphatic carbocycles. The molecule has 0 atom stereocenters. The van der Waals surface area contributed by atoms with Crippen LogP contribution in [0.5, 0.6) is 0 Å². The number of hydrogen-bond acceptors (Lipinski definition) is 3. The molecule has 1 amide bonds. The van der Waals surface area contributed by atoms with E-state index in [2.05, 4.69) is 5.32 Å². The van der Waals surface area contributed by atoms with Gasteiger partial charge >= 0.3 is 12.1 Å². The van der Waals surface area contributed by atoms with Crippen LogP contribution >= 0.6 is 0 Å². The monoisotopic (exact) mass is 355 g/mol. The Hall–Kier alpha value is -2.77. The van der Waals surface area contributed by atoms with Crippen molar-refractivity contribution < 1.29 is 32.3 Å². The number of carbonyl (C=O) groups is 2. The second-order valence-electron chi connectivity index (χ2n) is 5.38. The summed E-state index contributed by atoms with van der Waals surface area (Å²) in [5, 5.41) is 11.6. The molecule has 0 saturated carbocycles. The predicted octanol–water partition coefficient (Wildman–Crippen LogP) is 4.29. The van der Waals surface area contributed by atoms with E-state index in [1.165, 1.54) is 24.3 Å². The number of benzene rings is 1. The number of carboxylic acids is 1. The Morgan fingerprint density at radius 2 is 1.96 bits per heavy atom. The van der Waals surface area contributed by atoms with Gasteiger partial charge in [-0.3, -0.25) is 4.79 Å². The lowest BCUT2D eigenvalue weighted by Crippen LogP contribution is -2.12. The summed E-state index contributed by atoms with van der Waals surface area (Å²) in [6, 6.07) is 7.15. The second kappa shape index (κ2) is 7.42. The molecule has 0 spiro atoms. The summed E-state index contributed by atoms with van der Waals surface area (Å²) in [5.74, 6) is -1.87. The zero-order valence-electron chi connectivity index (χ0n) is 13.3. The molecular formula is C17H16F3NO4. The van der Waals surface area contributed by atoms with E-state index in [0.717, 1.165) is 6.07 Å². The minimum Gasteiger partial charge on any atom is -0.478 e. The fraction of sp³-hybridized carbons (Fsp3) is 0.294. The number of carboxylic acid groups (broad SMARTS) is 1. The molecule has 8 heteroatoms. The summed E-state index contributed by atoms with van der Waals surface area (Å²) in [7, 11) is 0. The highest BCUT2D eigenvalue weighted by Crippen LogP contribution is 2.23. The van der Waals surface area contributed by atoms with Crippen molar-refractivity contribution in [3.05, 3.63) is 53.0 Å². The first-order valence-electron chi connectivity index (χ1n) is 7.52. The van der Waals surface area contributed by atoms with Crippen LogP contribution in [0.15, 0.2) is 34.7 Å². The lowest BCUT2D eigenvalue weighted by Gasteiger charge is -2.08. The van der Waals surface area contributed by atoms with E-state index in [4.69, 9.17) is 9.52 Å². The van der Waals surface area contributed by atoms with Crippen molar-refractivity contribution in [3.63, 3.8) is 0 Å². The Balaban J connectivity index is 2.11. The number of aryl methyl sites for hydroxylation is 2. The van der Waals surface area contributed by atoms with E-state index < -0.39 is 24.5 Å². The molecule has 2 N–H and O–H groups in total. The van der Waals surface area contributed by atoms with Gasteiger partial charge in [-0.25, -0.2) is 4.79 Å². The number of furan rings is 1. The van der Waals surface area contributed by atoms with E-state index >= 15 is 0 Å². The first-order valence-corrected chi connectivity index (χ1v) is 7.52. The fourth-order valence-electron chi connectivity index (χ4n) is 2.27. The molecule has 1 heterocycles. The van der Waals surface area contributed by atoms with Crippen molar-refractivity contribution >= 4 is 17.6 Å². The van der Waals surface area contributed by atoms with E-state index in [1.54, 1.807) is 6.92 Å². The number of carbonyl (C=O) groups excluding carboxylic acids is 1. The maximum atomic E-state index is 12.3. The van der Waals surface area contributed by atoms with Crippen LogP contribution in [-0.4, -0.2) is 23.2 Å². The number of nitrogens with one attached hydrogen (secondary N) is 1. The molecule has 1 aromatic heterocycles. The smallest absolute Gasteiger partial charge is 0.389 e. The second-order valence-corrected chi connectivity index (χ2v) is 5.38. The lowest BCUT2D eigenvalue weighted by molar-refractivity contribution is -0.134. The molecular weight excluding hydrogens is 339 g/mol. The zero-order valence-corrected chi connectivity index (χ0v) is 13.3. The van der Waals surface area contributed by atoms with Gasteiger partial charge in [0.15, 0.2) is 5.76 Å². The van der Waals surface area contributed by atoms with Gasteiger partial charge in [0, 0.05) is 24.6 Å². The lowest BCUT2D eigenvalue weighted by atomic mass is 10.1. The number of amides is 1. The summed E-state index contributed by atoms with van der Waals surface area (Å²) in [6.07, 6.45) is -5.10. The number of anilines is 1. The zero-order chi connectivity index (χ0) is 18.6. The van der Waals surface area contributed by atoms with Crippen molar-refractivity contribution in [2.75, 3.05) is 5.32 Å². The largest absolute Gasteiger partial charge is 0.478 e. The third-order valence-corrected chi connectivity index (χ3v) is 3.47. The molecule has 0 aliphatic heterocycles. The van der Waals surface area contributed by atoms with Crippen molar-refractivity contribution in [2.24, 2.45) is 0 Å². The summed E-state index contributed by atoms with van der Waals surface area (Å²) in [6.45, 7) is 1.69. The van der Waals surface area contributed by atoms with Gasteiger partial charge in [0.25, 0.3) is 5.91 Å². The van der Waals surface area contributed by atoms with Crippen LogP contribution in [-0.2, 0) is 12.8 Å². The van der Waals surface area contributed by atoms with Crippen molar-refractivity contribution in [2.45, 2.75) is 32.4 Å². The standard InChI is InChI=1S/C17H16F3NO4/c1-2-13-12(16(23)24)9-14(25-13)15(22)21-11-5-3-4-10(8-11)6-7-17(18,19)20/h3-5,8-9H,2,6-7H2,1H3,(H,21,22)(H,23,24). The quantitative estimate of drug-likeness (QED) is 0.810. The number of alkyl halides is 3. The third-order valence-electron chi connectivity index (χ3n) is 3.47. The number of aromatic carboxylic acids is 1. The molecule has 0 unspecified atom stereocenters. The molecule has 5 nitrogen and oxygen atoms in total. The van der Waals surface area contributed by atoms with E-state index in [0.29, 0.717) is 17.7 Å². The van der Waals surface area contributed by atoms with Gasteiger partial charge in [-0.2, -0.15) is 13.2 Å². The Morgan fingerprint density at radius 1 is 1.24 bits per heavy atom. The molecule has 25 heavy (non-hydrogen) atoms. The Bertz CT molecular complexity index is 780. The van der Waals surface area contributed by atoms with Crippen LogP contribution in [0.4, 0.5) is 18.9 Å². The molecule has 0 radical (unpaired) electrons. The molecule has 0 saturated heterocycles. The number of rotatable bonds is 6. The number of hydrogen-bond donors (Lipinski definition) is 2. The van der Waals surface area contributed by atoms with Crippen molar-refractivity contribution in [1.82, 2.24) is 0 Å². The van der Waals surface area contributed by atoms with E-state index in [-0.39, 0.29) is 23.5 Å². The van der Waals surface area contributed by atoms with E-state index in [1.807, 2.05) is 0 Å². The first kappa shape index (κ1) is 18.6. The van der Waals surface area contributed by atoms with Gasteiger partial charge < -0.3 is 14.8 Å². The third kappa shape index (κ3) is 5.10. The van der Waals surface area contributed by atoms with Gasteiger partial charge in [-0.1, -0.05) is 19.1 Å². The van der Waals surface area contributed by atoms with Gasteiger partial charge in [-0.05, 0) is 24.1 Å². The van der Waals surface area contributed by atoms with Crippen molar-refractivity contribution in [3.8, 4) is 0 Å². The Labute approximate surface area is 141 Å². The van der Waals surface area contributed by atoms with Crippen LogP contribution < -0.4 is 5.32 Å². The van der Waals surface area contributed by atoms with Gasteiger partial charge in [0.2, 0.25) is 0 Å². The molecule has 0 bridgehead atoms. The Kier molecular flexibility index (Phi) is 5.51. The van der Waals surface area contributed by atoms with E-state index in [9.17, 15) is 22.8 Å². The minimum atomic E-state index is -4.25. The summed E-state index contributed by atoms with van der Waals surface area (Å²) in [5.41, 5.74) is 0.637. The normalized spacial score (nSPS) is 11.4. The summed E-state index contributed by atoms with van der Waals surface area (Å²) < 4.78 is 42.1. The minimum absolute atomic E-state index is 0.0911. The van der Waals surface area contributed by atoms with Crippen LogP contribution in [0, 0.1) is 0 Å². The van der Waals surface area contributed by atoms with Gasteiger partial charge in [-0.15, -0.1) is 0 Å². The summed E-state index contributed by atoms with van der Waals surface area (Å²) >= 11 is 0. The Morgan fingerprint density at radius 3 is 2.52 bits per heavy atom. The molecule has 2 aromatic rings. The molecule has 2 rings (SSSR count). The van der Waals surface area contributed by atoms with Gasteiger partial charge in [0.1, 0.15) is 11.3 Å². The van der Waals surface area contributed by atoms with Crippen molar-refractivity contribution in [1.29, 1.82) is 0 Å². The maximum absolute atomic E-state index is 12.3. The average Bonchev–Trinajstić information content (AvgIpc) is 2.97. The van der Waals surface area contributed by atoms with Crippen LogP contribution in [0.1, 0.15) is 45.6 Å².